The number of hydrogen-bond donors (Lipinski definition) is 0. The van der Waals surface area contributed by atoms with E-state index in [1.807, 2.05) is 25.1 Å². The molecule has 0 spiro atoms. The summed E-state index contributed by atoms with van der Waals surface area (Å²) in [4.78, 5) is 13.6. The van der Waals surface area contributed by atoms with Crippen molar-refractivity contribution in [1.82, 2.24) is 9.78 Å². The third kappa shape index (κ3) is 4.16. The van der Waals surface area contributed by atoms with Crippen LogP contribution in [0.4, 0.5) is 0 Å². The van der Waals surface area contributed by atoms with Crippen LogP contribution in [0.3, 0.4) is 0 Å². The summed E-state index contributed by atoms with van der Waals surface area (Å²) in [6, 6.07) is 16.3. The molecule has 0 saturated heterocycles. The molecule has 5 nitrogen and oxygen atoms in total. The number of benzene rings is 2. The van der Waals surface area contributed by atoms with Crippen molar-refractivity contribution in [3.63, 3.8) is 0 Å². The van der Waals surface area contributed by atoms with Gasteiger partial charge in [0.05, 0.1) is 12.3 Å². The zero-order valence-corrected chi connectivity index (χ0v) is 16.3. The summed E-state index contributed by atoms with van der Waals surface area (Å²) in [5.41, 5.74) is 0.762. The van der Waals surface area contributed by atoms with E-state index >= 15 is 0 Å². The molecule has 0 bridgehead atoms. The Kier molecular flexibility index (Phi) is 5.84. The molecule has 0 unspecified atom stereocenters. The van der Waals surface area contributed by atoms with E-state index in [0.29, 0.717) is 33.7 Å². The van der Waals surface area contributed by atoms with Crippen molar-refractivity contribution < 1.29 is 4.74 Å². The van der Waals surface area contributed by atoms with Gasteiger partial charge in [-0.25, -0.2) is 0 Å². The largest absolute Gasteiger partial charge is 0.494 e. The van der Waals surface area contributed by atoms with Gasteiger partial charge >= 0.3 is 0 Å². The highest BCUT2D eigenvalue weighted by molar-refractivity contribution is 7.99. The molecule has 0 fully saturated rings. The van der Waals surface area contributed by atoms with Gasteiger partial charge in [0.2, 0.25) is 0 Å². The zero-order chi connectivity index (χ0) is 19.4. The van der Waals surface area contributed by atoms with Gasteiger partial charge in [-0.05, 0) is 62.4 Å². The van der Waals surface area contributed by atoms with Crippen LogP contribution in [0.1, 0.15) is 18.1 Å². The van der Waals surface area contributed by atoms with E-state index in [1.165, 1.54) is 16.4 Å². The lowest BCUT2D eigenvalue weighted by Gasteiger charge is -2.12. The van der Waals surface area contributed by atoms with Crippen LogP contribution < -0.4 is 10.3 Å². The molecule has 136 valence electrons. The third-order valence-electron chi connectivity index (χ3n) is 3.83. The monoisotopic (exact) mass is 397 g/mol. The topological polar surface area (TPSA) is 67.9 Å². The first-order valence-electron chi connectivity index (χ1n) is 8.24. The maximum Gasteiger partial charge on any atom is 0.289 e. The summed E-state index contributed by atoms with van der Waals surface area (Å²) >= 11 is 7.31. The fourth-order valence-electron chi connectivity index (χ4n) is 2.45. The Morgan fingerprint density at radius 1 is 1.19 bits per heavy atom. The first kappa shape index (κ1) is 19.0. The second kappa shape index (κ2) is 8.30. The number of nitrogens with zero attached hydrogens (tertiary/aromatic N) is 3. The van der Waals surface area contributed by atoms with Crippen molar-refractivity contribution in [2.45, 2.75) is 23.8 Å². The summed E-state index contributed by atoms with van der Waals surface area (Å²) in [5.74, 6) is 0.706. The van der Waals surface area contributed by atoms with E-state index in [2.05, 4.69) is 5.10 Å². The number of nitriles is 1. The van der Waals surface area contributed by atoms with Crippen LogP contribution in [0, 0.1) is 18.3 Å². The molecule has 0 aliphatic heterocycles. The van der Waals surface area contributed by atoms with E-state index in [9.17, 15) is 10.1 Å². The SMILES string of the molecule is CCOc1ccc(-n2nc(Sc3ccc(Cl)cc3)c(C)c(C#N)c2=O)cc1. The minimum Gasteiger partial charge on any atom is -0.494 e. The van der Waals surface area contributed by atoms with Gasteiger partial charge < -0.3 is 4.74 Å². The number of ether oxygens (including phenoxy) is 1. The van der Waals surface area contributed by atoms with Crippen LogP contribution in [-0.2, 0) is 0 Å². The quantitative estimate of drug-likeness (QED) is 0.628. The van der Waals surface area contributed by atoms with Crippen LogP contribution in [0.5, 0.6) is 5.75 Å². The van der Waals surface area contributed by atoms with Gasteiger partial charge in [0.1, 0.15) is 22.4 Å². The van der Waals surface area contributed by atoms with Gasteiger partial charge in [0, 0.05) is 15.5 Å². The van der Waals surface area contributed by atoms with Crippen LogP contribution in [-0.4, -0.2) is 16.4 Å². The molecule has 0 saturated carbocycles. The molecule has 1 aromatic heterocycles. The predicted octanol–water partition coefficient (Wildman–Crippen LogP) is 4.62. The van der Waals surface area contributed by atoms with Gasteiger partial charge in [-0.3, -0.25) is 4.79 Å². The summed E-state index contributed by atoms with van der Waals surface area (Å²) in [7, 11) is 0. The average Bonchev–Trinajstić information content (AvgIpc) is 2.67. The fraction of sp³-hybridized carbons (Fsp3) is 0.150. The van der Waals surface area contributed by atoms with Crippen molar-refractivity contribution in [1.29, 1.82) is 5.26 Å². The molecule has 2 aromatic carbocycles. The molecular weight excluding hydrogens is 382 g/mol. The normalized spacial score (nSPS) is 10.4. The predicted molar refractivity (Wildman–Crippen MR) is 106 cm³/mol. The Balaban J connectivity index is 2.07. The molecule has 3 rings (SSSR count). The molecule has 7 heteroatoms. The standard InChI is InChI=1S/C20H16ClN3O2S/c1-3-26-16-8-6-15(7-9-16)24-20(25)18(12-22)13(2)19(23-24)27-17-10-4-14(21)5-11-17/h4-11H,3H2,1-2H3. The molecule has 0 aliphatic carbocycles. The Morgan fingerprint density at radius 2 is 1.85 bits per heavy atom. The molecule has 0 amide bonds. The Labute approximate surface area is 166 Å². The minimum atomic E-state index is -0.445. The molecular formula is C20H16ClN3O2S. The van der Waals surface area contributed by atoms with Crippen molar-refractivity contribution in [2.75, 3.05) is 6.61 Å². The lowest BCUT2D eigenvalue weighted by Crippen LogP contribution is -2.25. The van der Waals surface area contributed by atoms with Crippen LogP contribution in [0.25, 0.3) is 5.69 Å². The van der Waals surface area contributed by atoms with Crippen LogP contribution >= 0.6 is 23.4 Å². The maximum atomic E-state index is 12.7. The highest BCUT2D eigenvalue weighted by atomic mass is 35.5. The molecule has 0 radical (unpaired) electrons. The van der Waals surface area contributed by atoms with Crippen molar-refractivity contribution in [3.05, 3.63) is 75.0 Å². The summed E-state index contributed by atoms with van der Waals surface area (Å²) in [6.07, 6.45) is 0. The minimum absolute atomic E-state index is 0.0790. The number of hydrogen-bond acceptors (Lipinski definition) is 5. The molecule has 27 heavy (non-hydrogen) atoms. The summed E-state index contributed by atoms with van der Waals surface area (Å²) < 4.78 is 6.68. The van der Waals surface area contributed by atoms with E-state index in [4.69, 9.17) is 16.3 Å². The first-order chi connectivity index (χ1) is 13.0. The summed E-state index contributed by atoms with van der Waals surface area (Å²) in [6.45, 7) is 4.19. The number of rotatable bonds is 5. The van der Waals surface area contributed by atoms with Gasteiger partial charge in [-0.15, -0.1) is 0 Å². The highest BCUT2D eigenvalue weighted by Crippen LogP contribution is 2.30. The molecule has 3 aromatic rings. The van der Waals surface area contributed by atoms with E-state index in [0.717, 1.165) is 4.90 Å². The van der Waals surface area contributed by atoms with Crippen molar-refractivity contribution in [2.24, 2.45) is 0 Å². The lowest BCUT2D eigenvalue weighted by molar-refractivity contribution is 0.340. The first-order valence-corrected chi connectivity index (χ1v) is 9.43. The van der Waals surface area contributed by atoms with E-state index in [1.54, 1.807) is 43.3 Å². The molecule has 0 aliphatic rings. The zero-order valence-electron chi connectivity index (χ0n) is 14.8. The van der Waals surface area contributed by atoms with Crippen molar-refractivity contribution >= 4 is 23.4 Å². The average molecular weight is 398 g/mol. The Morgan fingerprint density at radius 3 is 2.44 bits per heavy atom. The number of halogens is 1. The number of aromatic nitrogens is 2. The van der Waals surface area contributed by atoms with Gasteiger partial charge in [0.15, 0.2) is 0 Å². The molecule has 1 heterocycles. The second-order valence-electron chi connectivity index (χ2n) is 5.62. The Bertz CT molecular complexity index is 1050. The van der Waals surface area contributed by atoms with Crippen LogP contribution in [0.2, 0.25) is 5.02 Å². The molecule has 0 atom stereocenters. The van der Waals surface area contributed by atoms with Crippen molar-refractivity contribution in [3.8, 4) is 17.5 Å². The van der Waals surface area contributed by atoms with Gasteiger partial charge in [0.25, 0.3) is 5.56 Å². The maximum absolute atomic E-state index is 12.7. The summed E-state index contributed by atoms with van der Waals surface area (Å²) in [5, 5.41) is 15.2. The van der Waals surface area contributed by atoms with Crippen LogP contribution in [0.15, 0.2) is 63.2 Å². The lowest BCUT2D eigenvalue weighted by atomic mass is 10.2. The van der Waals surface area contributed by atoms with Gasteiger partial charge in [-0.1, -0.05) is 23.4 Å². The van der Waals surface area contributed by atoms with Gasteiger partial charge in [-0.2, -0.15) is 15.0 Å². The van der Waals surface area contributed by atoms with E-state index < -0.39 is 5.56 Å². The Hall–Kier alpha value is -2.75. The smallest absolute Gasteiger partial charge is 0.289 e. The highest BCUT2D eigenvalue weighted by Gasteiger charge is 2.16. The van der Waals surface area contributed by atoms with E-state index in [-0.39, 0.29) is 5.56 Å². The second-order valence-corrected chi connectivity index (χ2v) is 7.12. The third-order valence-corrected chi connectivity index (χ3v) is 5.17. The molecule has 0 N–H and O–H groups in total. The fourth-order valence-corrected chi connectivity index (χ4v) is 3.45.